The molecular formula is C48H76BBrN8O10. The van der Waals surface area contributed by atoms with E-state index in [1.54, 1.807) is 24.5 Å². The van der Waals surface area contributed by atoms with Crippen LogP contribution in [0.2, 0.25) is 0 Å². The fraction of sp³-hybridized carbons (Fsp3) is 0.625. The lowest BCUT2D eigenvalue weighted by Crippen LogP contribution is -2.42. The van der Waals surface area contributed by atoms with Gasteiger partial charge in [0, 0.05) is 69.7 Å². The Morgan fingerprint density at radius 2 is 1.19 bits per heavy atom. The molecule has 0 amide bonds. The number of β-amino-alcohol motifs (C(OH)–C–C–N with tert-alkyl or cyclic N) is 2. The number of hydrogen-bond acceptors (Lipinski definition) is 16. The highest BCUT2D eigenvalue weighted by Crippen LogP contribution is 2.38. The molecule has 4 aromatic heterocycles. The van der Waals surface area contributed by atoms with Crippen LogP contribution in [0.1, 0.15) is 142 Å². The first-order chi connectivity index (χ1) is 30.7. The second kappa shape index (κ2) is 25.4. The van der Waals surface area contributed by atoms with Gasteiger partial charge in [0.15, 0.2) is 6.23 Å². The van der Waals surface area contributed by atoms with Gasteiger partial charge in [-0.1, -0.05) is 29.7 Å². The number of anilines is 2. The lowest BCUT2D eigenvalue weighted by Gasteiger charge is -2.32. The van der Waals surface area contributed by atoms with Crippen LogP contribution in [0.5, 0.6) is 0 Å². The summed E-state index contributed by atoms with van der Waals surface area (Å²) in [5.41, 5.74) is 2.70. The Labute approximate surface area is 412 Å². The molecule has 5 saturated heterocycles. The van der Waals surface area contributed by atoms with Crippen molar-refractivity contribution in [1.29, 1.82) is 0 Å². The first-order valence-electron chi connectivity index (χ1n) is 22.0. The van der Waals surface area contributed by atoms with E-state index < -0.39 is 11.9 Å². The molecule has 378 valence electrons. The van der Waals surface area contributed by atoms with Gasteiger partial charge < -0.3 is 48.3 Å². The predicted octanol–water partition coefficient (Wildman–Crippen LogP) is 7.63. The summed E-state index contributed by atoms with van der Waals surface area (Å²) in [5.74, 6) is 0.633. The van der Waals surface area contributed by atoms with Crippen molar-refractivity contribution in [1.82, 2.24) is 29.5 Å². The molecule has 0 aromatic carbocycles. The number of halogens is 1. The van der Waals surface area contributed by atoms with Gasteiger partial charge in [-0.2, -0.15) is 10.2 Å². The average Bonchev–Trinajstić information content (AvgIpc) is 4.16. The second-order valence-electron chi connectivity index (χ2n) is 17.5. The Hall–Kier alpha value is -4.44. The zero-order valence-corrected chi connectivity index (χ0v) is 39.1. The maximum absolute atomic E-state index is 12.0. The molecule has 0 spiro atoms. The van der Waals surface area contributed by atoms with Crippen LogP contribution >= 0.6 is 15.9 Å². The van der Waals surface area contributed by atoms with E-state index in [9.17, 15) is 19.8 Å². The van der Waals surface area contributed by atoms with Crippen molar-refractivity contribution in [3.63, 3.8) is 0 Å². The molecule has 2 unspecified atom stereocenters. The van der Waals surface area contributed by atoms with E-state index in [0.29, 0.717) is 37.2 Å². The molecule has 2 N–H and O–H groups in total. The number of rotatable bonds is 8. The van der Waals surface area contributed by atoms with Crippen molar-refractivity contribution in [3.05, 3.63) is 64.7 Å². The maximum atomic E-state index is 12.0. The topological polar surface area (TPSA) is 198 Å². The van der Waals surface area contributed by atoms with Crippen LogP contribution < -0.4 is 15.4 Å². The van der Waals surface area contributed by atoms with Crippen LogP contribution in [0, 0.1) is 0 Å². The fourth-order valence-corrected chi connectivity index (χ4v) is 8.79. The number of methoxy groups -OCH3 is 2. The van der Waals surface area contributed by atoms with Gasteiger partial charge in [-0.3, -0.25) is 0 Å². The molecule has 18 nitrogen and oxygen atoms in total. The summed E-state index contributed by atoms with van der Waals surface area (Å²) >= 11 is 3.38. The number of carbonyl (C=O) groups excluding carboxylic acids is 2. The highest BCUT2D eigenvalue weighted by atomic mass is 79.9. The third-order valence-corrected chi connectivity index (χ3v) is 13.0. The molecular weight excluding hydrogens is 939 g/mol. The molecule has 20 heteroatoms. The number of esters is 2. The molecule has 4 aromatic rings. The summed E-state index contributed by atoms with van der Waals surface area (Å²) in [6, 6.07) is 7.33. The quantitative estimate of drug-likeness (QED) is 0.129. The normalized spacial score (nSPS) is 22.4. The highest BCUT2D eigenvalue weighted by molar-refractivity contribution is 9.10. The van der Waals surface area contributed by atoms with E-state index in [4.69, 9.17) is 23.5 Å². The monoisotopic (exact) mass is 1010 g/mol. The number of aromatic nitrogens is 6. The number of carbonyl (C=O) groups is 2. The summed E-state index contributed by atoms with van der Waals surface area (Å²) in [6.45, 7) is 12.3. The van der Waals surface area contributed by atoms with Crippen LogP contribution in [-0.4, -0.2) is 136 Å². The minimum Gasteiger partial charge on any atom is -0.465 e. The number of pyridine rings is 2. The van der Waals surface area contributed by atoms with Gasteiger partial charge in [0.05, 0.1) is 64.5 Å². The SMILES string of the molecule is C.C.C.C.CC1(C)OB(c2ccnn2C2CCCCO2)OC1(C)C.COC(=O)c1cnc(N2CC[C@@H](O)C2)c(-c2ccnn2C2CCCCO2)c1.COC(=O)c1cnc(N2CC[C@@H](O)C2)c(Br)c1. The van der Waals surface area contributed by atoms with Gasteiger partial charge in [0.25, 0.3) is 0 Å². The number of aliphatic hydroxyl groups is 2. The van der Waals surface area contributed by atoms with Crippen molar-refractivity contribution in [2.45, 2.75) is 145 Å². The van der Waals surface area contributed by atoms with Crippen LogP contribution in [0.15, 0.2) is 53.5 Å². The van der Waals surface area contributed by atoms with Crippen molar-refractivity contribution in [2.24, 2.45) is 0 Å². The molecule has 5 fully saturated rings. The first-order valence-corrected chi connectivity index (χ1v) is 22.8. The van der Waals surface area contributed by atoms with Crippen LogP contribution in [0.4, 0.5) is 11.6 Å². The van der Waals surface area contributed by atoms with E-state index in [1.807, 2.05) is 31.3 Å². The van der Waals surface area contributed by atoms with E-state index in [1.165, 1.54) is 33.0 Å². The second-order valence-corrected chi connectivity index (χ2v) is 18.3. The molecule has 0 aliphatic carbocycles. The fourth-order valence-electron chi connectivity index (χ4n) is 8.19. The van der Waals surface area contributed by atoms with E-state index in [2.05, 4.69) is 68.5 Å². The Bertz CT molecular complexity index is 2200. The van der Waals surface area contributed by atoms with Gasteiger partial charge >= 0.3 is 19.1 Å². The summed E-state index contributed by atoms with van der Waals surface area (Å²) in [7, 11) is 2.31. The maximum Gasteiger partial charge on any atom is 0.514 e. The Morgan fingerprint density at radius 3 is 1.68 bits per heavy atom. The summed E-state index contributed by atoms with van der Waals surface area (Å²) in [5, 5.41) is 28.3. The highest BCUT2D eigenvalue weighted by Gasteiger charge is 2.53. The standard InChI is InChI=1S/C19H24N4O4.C14H23BN2O3.C11H13BrN2O3.4CH4/c1-26-19(25)13-10-15(18(20-11-13)22-8-6-14(24)12-22)16-5-7-21-23(16)17-4-2-3-9-27-17;1-13(2)14(3,4)20-15(19-13)11-8-9-16-17(11)12-7-5-6-10-18-12;1-17-11(16)7-4-9(12)10(13-5-7)14-3-2-8(15)6-14;;;;/h5,7,10-11,14,17,24H,2-4,6,8-9,12H2,1H3;8-9,12H,5-7,10H2,1-4H3;4-5,8,15H,2-3,6H2,1H3;4*1H4/t14-,17?;;8-;;;;/m1.1..../s1. The van der Waals surface area contributed by atoms with Gasteiger partial charge in [-0.15, -0.1) is 0 Å². The molecule has 0 bridgehead atoms. The van der Waals surface area contributed by atoms with Crippen LogP contribution in [0.25, 0.3) is 11.3 Å². The molecule has 5 aliphatic heterocycles. The summed E-state index contributed by atoms with van der Waals surface area (Å²) in [6.07, 6.45) is 13.5. The number of nitrogens with zero attached hydrogens (tertiary/aromatic N) is 8. The molecule has 9 heterocycles. The van der Waals surface area contributed by atoms with Crippen molar-refractivity contribution >= 4 is 52.2 Å². The largest absolute Gasteiger partial charge is 0.514 e. The molecule has 0 radical (unpaired) electrons. The van der Waals surface area contributed by atoms with Crippen molar-refractivity contribution < 1.29 is 48.1 Å². The average molecular weight is 1020 g/mol. The number of ether oxygens (including phenoxy) is 4. The third-order valence-electron chi connectivity index (χ3n) is 12.5. The van der Waals surface area contributed by atoms with Crippen molar-refractivity contribution in [3.8, 4) is 11.3 Å². The van der Waals surface area contributed by atoms with E-state index in [-0.39, 0.29) is 72.7 Å². The Kier molecular flexibility index (Phi) is 21.6. The third kappa shape index (κ3) is 13.2. The van der Waals surface area contributed by atoms with Gasteiger partial charge in [0.2, 0.25) is 0 Å². The summed E-state index contributed by atoms with van der Waals surface area (Å²) in [4.78, 5) is 36.2. The Balaban J connectivity index is 0.000000270. The van der Waals surface area contributed by atoms with Gasteiger partial charge in [-0.05, 0) is 119 Å². The zero-order valence-electron chi connectivity index (χ0n) is 37.5. The molecule has 4 atom stereocenters. The van der Waals surface area contributed by atoms with Crippen LogP contribution in [-0.2, 0) is 28.3 Å². The first kappa shape index (κ1) is 57.9. The molecule has 68 heavy (non-hydrogen) atoms. The Morgan fingerprint density at radius 1 is 0.706 bits per heavy atom. The molecule has 0 saturated carbocycles. The van der Waals surface area contributed by atoms with E-state index in [0.717, 1.165) is 91.2 Å². The number of hydrogen-bond donors (Lipinski definition) is 2. The lowest BCUT2D eigenvalue weighted by molar-refractivity contribution is -0.0383. The summed E-state index contributed by atoms with van der Waals surface area (Å²) < 4.78 is 37.9. The predicted molar refractivity (Wildman–Crippen MR) is 268 cm³/mol. The smallest absolute Gasteiger partial charge is 0.465 e. The van der Waals surface area contributed by atoms with E-state index >= 15 is 0 Å². The minimum atomic E-state index is -0.434. The van der Waals surface area contributed by atoms with Gasteiger partial charge in [0.1, 0.15) is 17.9 Å². The minimum absolute atomic E-state index is 0. The molecule has 5 aliphatic rings. The van der Waals surface area contributed by atoms with Gasteiger partial charge in [-0.25, -0.2) is 28.9 Å². The zero-order chi connectivity index (χ0) is 45.6. The van der Waals surface area contributed by atoms with Crippen molar-refractivity contribution in [2.75, 3.05) is 63.4 Å². The van der Waals surface area contributed by atoms with Crippen LogP contribution in [0.3, 0.4) is 0 Å². The molecule has 9 rings (SSSR count). The number of aliphatic hydroxyl groups excluding tert-OH is 2. The lowest BCUT2D eigenvalue weighted by atomic mass is 9.84.